The molecule has 0 spiro atoms. The number of hydrogen-bond acceptors (Lipinski definition) is 9. The summed E-state index contributed by atoms with van der Waals surface area (Å²) in [6, 6.07) is 8.13. The van der Waals surface area contributed by atoms with Crippen LogP contribution in [0.2, 0.25) is 0 Å². The van der Waals surface area contributed by atoms with Gasteiger partial charge >= 0.3 is 5.97 Å². The fraction of sp³-hybridized carbons (Fsp3) is 0.590. The molecule has 6 aliphatic rings. The Morgan fingerprint density at radius 2 is 1.64 bits per heavy atom. The summed E-state index contributed by atoms with van der Waals surface area (Å²) in [6.07, 6.45) is 17.3. The van der Waals surface area contributed by atoms with Crippen LogP contribution in [0.3, 0.4) is 0 Å². The van der Waals surface area contributed by atoms with Crippen molar-refractivity contribution in [2.45, 2.75) is 150 Å². The van der Waals surface area contributed by atoms with E-state index < -0.39 is 40.9 Å². The van der Waals surface area contributed by atoms with Gasteiger partial charge in [-0.05, 0) is 153 Å². The van der Waals surface area contributed by atoms with E-state index in [0.717, 1.165) is 60.5 Å². The van der Waals surface area contributed by atoms with E-state index in [1.165, 1.54) is 90.2 Å². The van der Waals surface area contributed by atoms with Crippen molar-refractivity contribution in [3.05, 3.63) is 87.1 Å². The molecule has 12 nitrogen and oxygen atoms in total. The van der Waals surface area contributed by atoms with Gasteiger partial charge in [0.25, 0.3) is 5.91 Å². The average Bonchev–Trinajstić information content (AvgIpc) is 3.74. The summed E-state index contributed by atoms with van der Waals surface area (Å²) in [7, 11) is 2.54. The van der Waals surface area contributed by atoms with Gasteiger partial charge in [0.05, 0.1) is 20.3 Å². The Morgan fingerprint density at radius 1 is 0.840 bits per heavy atom. The smallest absolute Gasteiger partial charge is 0.305 e. The molecule has 2 aromatic carbocycles. The Hall–Kier alpha value is -5.63. The molecule has 75 heavy (non-hydrogen) atoms. The predicted molar refractivity (Wildman–Crippen MR) is 286 cm³/mol. The summed E-state index contributed by atoms with van der Waals surface area (Å²) < 4.78 is 52.1. The van der Waals surface area contributed by atoms with Crippen LogP contribution in [-0.4, -0.2) is 69.8 Å². The van der Waals surface area contributed by atoms with Crippen LogP contribution in [0.4, 0.5) is 8.78 Å². The van der Waals surface area contributed by atoms with Crippen LogP contribution in [0.1, 0.15) is 147 Å². The molecule has 3 saturated carbocycles. The lowest BCUT2D eigenvalue weighted by molar-refractivity contribution is -0.141. The van der Waals surface area contributed by atoms with Gasteiger partial charge in [0.15, 0.2) is 17.4 Å². The van der Waals surface area contributed by atoms with Gasteiger partial charge in [-0.15, -0.1) is 0 Å². The molecule has 1 aliphatic heterocycles. The number of esters is 1. The van der Waals surface area contributed by atoms with Gasteiger partial charge < -0.3 is 34.6 Å². The van der Waals surface area contributed by atoms with E-state index in [1.807, 2.05) is 0 Å². The van der Waals surface area contributed by atoms with Crippen LogP contribution in [-0.2, 0) is 23.9 Å². The number of methoxy groups -OCH3 is 2. The third-order valence-corrected chi connectivity index (χ3v) is 18.2. The van der Waals surface area contributed by atoms with E-state index in [4.69, 9.17) is 18.6 Å². The molecule has 14 heteroatoms. The van der Waals surface area contributed by atoms with E-state index in [2.05, 4.69) is 56.6 Å². The fourth-order valence-electron chi connectivity index (χ4n) is 14.2. The lowest BCUT2D eigenvalue weighted by Gasteiger charge is -2.58. The second kappa shape index (κ2) is 23.7. The van der Waals surface area contributed by atoms with Crippen molar-refractivity contribution in [1.82, 2.24) is 16.0 Å². The van der Waals surface area contributed by atoms with Crippen molar-refractivity contribution in [1.29, 1.82) is 0 Å². The summed E-state index contributed by atoms with van der Waals surface area (Å²) in [6.45, 7) is 15.2. The number of rotatable bonds is 21. The molecule has 0 aromatic heterocycles. The first-order valence-electron chi connectivity index (χ1n) is 27.6. The van der Waals surface area contributed by atoms with Gasteiger partial charge in [0, 0.05) is 66.7 Å². The Kier molecular flexibility index (Phi) is 17.6. The number of benzene rings is 3. The summed E-state index contributed by atoms with van der Waals surface area (Å²) in [5, 5.41) is 8.65. The van der Waals surface area contributed by atoms with Crippen LogP contribution in [0.5, 0.6) is 5.75 Å². The lowest BCUT2D eigenvalue weighted by Crippen LogP contribution is -2.51. The monoisotopic (exact) mass is 1040 g/mol. The van der Waals surface area contributed by atoms with Crippen molar-refractivity contribution in [2.24, 2.45) is 46.3 Å². The highest BCUT2D eigenvalue weighted by atomic mass is 19.1. The zero-order valence-corrected chi connectivity index (χ0v) is 45.4. The third kappa shape index (κ3) is 12.0. The molecule has 8 rings (SSSR count). The van der Waals surface area contributed by atoms with Gasteiger partial charge in [-0.1, -0.05) is 71.6 Å². The number of aryl methyl sites for hydroxylation is 1. The predicted octanol–water partition coefficient (Wildman–Crippen LogP) is 11.7. The number of nitrogens with one attached hydrogen (secondary N) is 3. The summed E-state index contributed by atoms with van der Waals surface area (Å²) in [4.78, 5) is 64.5. The first kappa shape index (κ1) is 55.6. The lowest BCUT2D eigenvalue weighted by atomic mass is 9.47. The minimum atomic E-state index is -1.15. The number of ether oxygens (including phenoxy) is 3. The molecule has 3 fully saturated rings. The zero-order valence-electron chi connectivity index (χ0n) is 45.4. The maximum atomic E-state index is 15.1. The second-order valence-corrected chi connectivity index (χ2v) is 23.2. The number of carbonyl (C=O) groups excluding carboxylic acids is 4. The molecule has 9 atom stereocenters. The molecule has 0 bridgehead atoms. The standard InChI is InChI=1S/C61H79F2N3O9/c1-35(2)11-9-12-36(3)45-17-18-46-42-16-14-39-30-40(21-24-60(39,5)47(42)22-25-61(45,46)6)74-28-10-26-64-55(68)23-27-65-59(71)50(19-20-56(69)73-8)66-58(70)38-13-15-41(37(4)29-38)57-43-31-48(62)51(67)33-52(43)75-53-34-54(72-7)49(63)32-44(53)57/h13-15,29,31-36,40,42,45-47,50H,9-12,16-28,30H2,1-8H3,(H,64,68)(H,65,71)(H,66,70)/t36-,40+,42?,45?,46?,47?,50+,60+,61-/m1/s1. The van der Waals surface area contributed by atoms with Crippen LogP contribution in [0.25, 0.3) is 33.4 Å². The SMILES string of the molecule is COC(=O)CC[C@H](NC(=O)c1ccc(-c2c3cc(F)c(=O)cc-3oc3cc(OC)c(F)cc23)c(C)c1)C(=O)NCCC(=O)NCCCO[C@H]1CC[C@@]2(C)C(=CCC3C4CCC([C@H](C)CCCC(C)C)[C@@]4(C)CCC32)C1. The van der Waals surface area contributed by atoms with Crippen molar-refractivity contribution in [3.8, 4) is 28.2 Å². The number of halogens is 2. The summed E-state index contributed by atoms with van der Waals surface area (Å²) >= 11 is 0. The van der Waals surface area contributed by atoms with Gasteiger partial charge in [-0.3, -0.25) is 24.0 Å². The summed E-state index contributed by atoms with van der Waals surface area (Å²) in [5.41, 5.74) is 3.43. The van der Waals surface area contributed by atoms with Gasteiger partial charge in [-0.25, -0.2) is 8.78 Å². The van der Waals surface area contributed by atoms with Crippen molar-refractivity contribution in [3.63, 3.8) is 0 Å². The first-order chi connectivity index (χ1) is 35.8. The van der Waals surface area contributed by atoms with Gasteiger partial charge in [0.2, 0.25) is 17.2 Å². The highest BCUT2D eigenvalue weighted by Crippen LogP contribution is 2.67. The molecule has 3 amide bonds. The summed E-state index contributed by atoms with van der Waals surface area (Å²) in [5.74, 6) is 1.13. The van der Waals surface area contributed by atoms with E-state index >= 15 is 4.39 Å². The Bertz CT molecular complexity index is 2810. The van der Waals surface area contributed by atoms with Crippen molar-refractivity contribution < 1.29 is 46.6 Å². The van der Waals surface area contributed by atoms with E-state index in [-0.39, 0.29) is 76.8 Å². The number of carbonyl (C=O) groups is 4. The van der Waals surface area contributed by atoms with E-state index in [9.17, 15) is 28.4 Å². The molecule has 2 aromatic rings. The molecule has 0 radical (unpaired) electrons. The highest BCUT2D eigenvalue weighted by molar-refractivity contribution is 6.04. The quantitative estimate of drug-likeness (QED) is 0.0319. The van der Waals surface area contributed by atoms with Crippen LogP contribution >= 0.6 is 0 Å². The molecular weight excluding hydrogens is 957 g/mol. The second-order valence-electron chi connectivity index (χ2n) is 23.2. The van der Waals surface area contributed by atoms with Crippen LogP contribution in [0.15, 0.2) is 63.3 Å². The minimum absolute atomic E-state index is 0.00166. The Labute approximate surface area is 441 Å². The third-order valence-electron chi connectivity index (χ3n) is 18.2. The topological polar surface area (TPSA) is 162 Å². The molecule has 5 aliphatic carbocycles. The van der Waals surface area contributed by atoms with Crippen LogP contribution < -0.4 is 26.1 Å². The maximum absolute atomic E-state index is 15.1. The Balaban J connectivity index is 0.801. The van der Waals surface area contributed by atoms with E-state index in [1.54, 1.807) is 24.6 Å². The van der Waals surface area contributed by atoms with Gasteiger partial charge in [-0.2, -0.15) is 0 Å². The van der Waals surface area contributed by atoms with E-state index in [0.29, 0.717) is 41.7 Å². The van der Waals surface area contributed by atoms with Crippen LogP contribution in [0, 0.1) is 64.9 Å². The fourth-order valence-corrected chi connectivity index (χ4v) is 14.2. The molecule has 1 heterocycles. The maximum Gasteiger partial charge on any atom is 0.305 e. The highest BCUT2D eigenvalue weighted by Gasteiger charge is 2.59. The molecule has 4 unspecified atom stereocenters. The molecule has 0 saturated heterocycles. The largest absolute Gasteiger partial charge is 0.494 e. The first-order valence-corrected chi connectivity index (χ1v) is 27.6. The number of fused-ring (bicyclic) bond motifs is 7. The number of hydrogen-bond donors (Lipinski definition) is 3. The Morgan fingerprint density at radius 3 is 2.39 bits per heavy atom. The minimum Gasteiger partial charge on any atom is -0.494 e. The number of amides is 3. The molecule has 3 N–H and O–H groups in total. The van der Waals surface area contributed by atoms with Crippen molar-refractivity contribution in [2.75, 3.05) is 33.9 Å². The average molecular weight is 1040 g/mol. The molecular formula is C61H79F2N3O9. The normalized spacial score (nSPS) is 24.9. The zero-order chi connectivity index (χ0) is 53.8. The van der Waals surface area contributed by atoms with Crippen molar-refractivity contribution >= 4 is 34.7 Å². The van der Waals surface area contributed by atoms with Gasteiger partial charge in [0.1, 0.15) is 17.4 Å². The molecule has 406 valence electrons. The number of allylic oxidation sites excluding steroid dienone is 1.